The maximum Gasteiger partial charge on any atom is 0.0926 e. The molecule has 2 nitrogen and oxygen atoms in total. The second-order valence-corrected chi connectivity index (χ2v) is 6.83. The van der Waals surface area contributed by atoms with Crippen LogP contribution in [0.5, 0.6) is 0 Å². The van der Waals surface area contributed by atoms with Crippen LogP contribution in [0.25, 0.3) is 0 Å². The topological polar surface area (TPSA) is 32.3 Å². The summed E-state index contributed by atoms with van der Waals surface area (Å²) in [6.07, 6.45) is 8.29. The summed E-state index contributed by atoms with van der Waals surface area (Å²) >= 11 is 0. The summed E-state index contributed by atoms with van der Waals surface area (Å²) in [5.41, 5.74) is 2.01. The largest absolute Gasteiger partial charge is 0.385 e. The zero-order valence-electron chi connectivity index (χ0n) is 11.4. The van der Waals surface area contributed by atoms with Crippen LogP contribution in [0.4, 0.5) is 0 Å². The lowest BCUT2D eigenvalue weighted by atomic mass is 9.77. The molecule has 3 fully saturated rings. The summed E-state index contributed by atoms with van der Waals surface area (Å²) in [5.74, 6) is 0.785. The maximum atomic E-state index is 11.0. The van der Waals surface area contributed by atoms with Crippen LogP contribution in [0.1, 0.15) is 62.0 Å². The zero-order valence-corrected chi connectivity index (χ0v) is 11.4. The Balaban J connectivity index is 1.57. The van der Waals surface area contributed by atoms with E-state index in [9.17, 15) is 5.11 Å². The van der Waals surface area contributed by atoms with Gasteiger partial charge >= 0.3 is 0 Å². The highest BCUT2D eigenvalue weighted by atomic mass is 16.3. The predicted molar refractivity (Wildman–Crippen MR) is 76.1 cm³/mol. The molecular weight excluding hydrogens is 234 g/mol. The molecule has 2 heteroatoms. The summed E-state index contributed by atoms with van der Waals surface area (Å²) in [6, 6.07) is 9.91. The fraction of sp³-hybridized carbons (Fsp3) is 0.647. The lowest BCUT2D eigenvalue weighted by Gasteiger charge is -2.38. The van der Waals surface area contributed by atoms with Gasteiger partial charge in [0, 0.05) is 12.1 Å². The molecule has 2 unspecified atom stereocenters. The molecule has 19 heavy (non-hydrogen) atoms. The van der Waals surface area contributed by atoms with Gasteiger partial charge in [0.1, 0.15) is 0 Å². The summed E-state index contributed by atoms with van der Waals surface area (Å²) in [7, 11) is 0. The quantitative estimate of drug-likeness (QED) is 0.853. The smallest absolute Gasteiger partial charge is 0.0926 e. The number of hydrogen-bond donors (Lipinski definition) is 2. The number of nitrogens with one attached hydrogen (secondary N) is 1. The van der Waals surface area contributed by atoms with E-state index in [1.165, 1.54) is 37.7 Å². The van der Waals surface area contributed by atoms with Gasteiger partial charge in [0.25, 0.3) is 0 Å². The summed E-state index contributed by atoms with van der Waals surface area (Å²) in [6.45, 7) is 0. The highest BCUT2D eigenvalue weighted by Gasteiger charge is 2.43. The molecule has 1 saturated carbocycles. The van der Waals surface area contributed by atoms with Gasteiger partial charge < -0.3 is 10.4 Å². The Morgan fingerprint density at radius 3 is 2.11 bits per heavy atom. The van der Waals surface area contributed by atoms with Gasteiger partial charge in [-0.15, -0.1) is 0 Å². The first-order chi connectivity index (χ1) is 9.23. The lowest BCUT2D eigenvalue weighted by Crippen LogP contribution is -2.46. The van der Waals surface area contributed by atoms with Gasteiger partial charge in [-0.3, -0.25) is 0 Å². The Kier molecular flexibility index (Phi) is 2.71. The molecule has 2 heterocycles. The van der Waals surface area contributed by atoms with Crippen molar-refractivity contribution in [2.45, 2.75) is 68.5 Å². The summed E-state index contributed by atoms with van der Waals surface area (Å²) in [4.78, 5) is 0. The van der Waals surface area contributed by atoms with E-state index in [0.717, 1.165) is 24.3 Å². The van der Waals surface area contributed by atoms with E-state index in [-0.39, 0.29) is 0 Å². The highest BCUT2D eigenvalue weighted by molar-refractivity contribution is 5.31. The van der Waals surface area contributed by atoms with Crippen molar-refractivity contribution in [1.29, 1.82) is 0 Å². The molecule has 2 atom stereocenters. The van der Waals surface area contributed by atoms with E-state index < -0.39 is 5.60 Å². The number of hydrogen-bond acceptors (Lipinski definition) is 2. The Morgan fingerprint density at radius 2 is 1.58 bits per heavy atom. The van der Waals surface area contributed by atoms with Gasteiger partial charge in [0.15, 0.2) is 0 Å². The van der Waals surface area contributed by atoms with Crippen molar-refractivity contribution in [2.24, 2.45) is 0 Å². The van der Waals surface area contributed by atoms with Crippen molar-refractivity contribution in [3.8, 4) is 0 Å². The van der Waals surface area contributed by atoms with Crippen LogP contribution in [0.3, 0.4) is 0 Å². The van der Waals surface area contributed by atoms with Gasteiger partial charge in [0.2, 0.25) is 0 Å². The lowest BCUT2D eigenvalue weighted by molar-refractivity contribution is -0.0114. The zero-order chi connectivity index (χ0) is 12.9. The molecule has 4 rings (SSSR count). The van der Waals surface area contributed by atoms with Crippen molar-refractivity contribution in [2.75, 3.05) is 0 Å². The van der Waals surface area contributed by atoms with Gasteiger partial charge in [-0.2, -0.15) is 0 Å². The Bertz CT molecular complexity index is 451. The minimum Gasteiger partial charge on any atom is -0.385 e. The van der Waals surface area contributed by atoms with Gasteiger partial charge in [-0.1, -0.05) is 30.7 Å². The molecule has 1 aliphatic carbocycles. The number of aliphatic hydroxyl groups is 1. The molecule has 0 radical (unpaired) electrons. The standard InChI is InChI=1S/C17H23NO/c19-17(10-15-8-9-16(11-17)18-15)14-6-4-13(5-7-14)12-2-1-3-12/h4-7,12,15-16,18-19H,1-3,8-11H2. The molecule has 0 aromatic heterocycles. The SMILES string of the molecule is OC1(c2ccc(C3CCC3)cc2)CC2CCC(C1)N2. The first kappa shape index (κ1) is 11.9. The van der Waals surface area contributed by atoms with Crippen LogP contribution in [0.2, 0.25) is 0 Å². The van der Waals surface area contributed by atoms with E-state index in [0.29, 0.717) is 12.1 Å². The van der Waals surface area contributed by atoms with Crippen molar-refractivity contribution >= 4 is 0 Å². The molecule has 102 valence electrons. The average Bonchev–Trinajstić information content (AvgIpc) is 2.68. The summed E-state index contributed by atoms with van der Waals surface area (Å²) in [5, 5.41) is 14.6. The predicted octanol–water partition coefficient (Wildman–Crippen LogP) is 3.06. The van der Waals surface area contributed by atoms with E-state index in [1.54, 1.807) is 0 Å². The number of benzene rings is 1. The Labute approximate surface area is 115 Å². The average molecular weight is 257 g/mol. The third-order valence-corrected chi connectivity index (χ3v) is 5.53. The molecule has 0 amide bonds. The van der Waals surface area contributed by atoms with E-state index in [1.807, 2.05) is 0 Å². The molecule has 2 N–H and O–H groups in total. The fourth-order valence-corrected chi connectivity index (χ4v) is 4.17. The minimum atomic E-state index is -0.588. The molecule has 3 aliphatic rings. The molecule has 0 spiro atoms. The third-order valence-electron chi connectivity index (χ3n) is 5.53. The van der Waals surface area contributed by atoms with E-state index in [2.05, 4.69) is 29.6 Å². The third kappa shape index (κ3) is 2.02. The van der Waals surface area contributed by atoms with Crippen LogP contribution in [0.15, 0.2) is 24.3 Å². The van der Waals surface area contributed by atoms with Crippen LogP contribution in [-0.2, 0) is 5.60 Å². The van der Waals surface area contributed by atoms with E-state index in [4.69, 9.17) is 0 Å². The van der Waals surface area contributed by atoms with Crippen LogP contribution in [-0.4, -0.2) is 17.2 Å². The summed E-state index contributed by atoms with van der Waals surface area (Å²) < 4.78 is 0. The van der Waals surface area contributed by atoms with Crippen molar-refractivity contribution in [3.05, 3.63) is 35.4 Å². The van der Waals surface area contributed by atoms with Gasteiger partial charge in [-0.25, -0.2) is 0 Å². The molecule has 1 aromatic carbocycles. The highest BCUT2D eigenvalue weighted by Crippen LogP contribution is 2.42. The normalized spacial score (nSPS) is 38.2. The molecule has 2 bridgehead atoms. The fourth-order valence-electron chi connectivity index (χ4n) is 4.17. The molecule has 2 saturated heterocycles. The first-order valence-electron chi connectivity index (χ1n) is 7.82. The van der Waals surface area contributed by atoms with Crippen molar-refractivity contribution in [3.63, 3.8) is 0 Å². The number of fused-ring (bicyclic) bond motifs is 2. The van der Waals surface area contributed by atoms with Crippen LogP contribution in [0, 0.1) is 0 Å². The number of rotatable bonds is 2. The number of piperidine rings is 1. The second-order valence-electron chi connectivity index (χ2n) is 6.83. The molecule has 2 aliphatic heterocycles. The molecule has 1 aromatic rings. The van der Waals surface area contributed by atoms with Gasteiger partial charge in [0.05, 0.1) is 5.60 Å². The van der Waals surface area contributed by atoms with Gasteiger partial charge in [-0.05, 0) is 55.6 Å². The second kappa shape index (κ2) is 4.32. The van der Waals surface area contributed by atoms with Crippen molar-refractivity contribution < 1.29 is 5.11 Å². The van der Waals surface area contributed by atoms with Crippen LogP contribution < -0.4 is 5.32 Å². The monoisotopic (exact) mass is 257 g/mol. The Morgan fingerprint density at radius 1 is 0.947 bits per heavy atom. The minimum absolute atomic E-state index is 0.523. The first-order valence-corrected chi connectivity index (χ1v) is 7.82. The Hall–Kier alpha value is -0.860. The van der Waals surface area contributed by atoms with Crippen molar-refractivity contribution in [1.82, 2.24) is 5.32 Å². The molecular formula is C17H23NO. The van der Waals surface area contributed by atoms with E-state index >= 15 is 0 Å². The maximum absolute atomic E-state index is 11.0. The van der Waals surface area contributed by atoms with Crippen LogP contribution >= 0.6 is 0 Å².